The molecular formula is C16H20N4O4. The monoisotopic (exact) mass is 332 g/mol. The maximum atomic E-state index is 12.3. The molecule has 0 aromatic heterocycles. The van der Waals surface area contributed by atoms with Gasteiger partial charge in [0, 0.05) is 38.3 Å². The fraction of sp³-hybridized carbons (Fsp3) is 0.375. The number of rotatable bonds is 5. The standard InChI is InChI=1S/C16H20N4O4/c17-15(21)12-18-8-3-9-19(11-10-18)16(22)7-6-13-4-1-2-5-14(13)20(23)24/h1-2,4-7H,3,8-12H2,(H2,17,21)/b7-6-. The molecule has 1 aromatic carbocycles. The molecule has 2 amide bonds. The van der Waals surface area contributed by atoms with Crippen molar-refractivity contribution in [2.24, 2.45) is 5.73 Å². The average molecular weight is 332 g/mol. The second kappa shape index (κ2) is 8.21. The van der Waals surface area contributed by atoms with Crippen molar-refractivity contribution in [3.63, 3.8) is 0 Å². The Labute approximate surface area is 139 Å². The second-order valence-corrected chi connectivity index (χ2v) is 5.57. The van der Waals surface area contributed by atoms with Gasteiger partial charge in [-0.25, -0.2) is 0 Å². The lowest BCUT2D eigenvalue weighted by molar-refractivity contribution is -0.385. The first-order chi connectivity index (χ1) is 11.5. The van der Waals surface area contributed by atoms with Gasteiger partial charge in [0.1, 0.15) is 0 Å². The summed E-state index contributed by atoms with van der Waals surface area (Å²) in [4.78, 5) is 37.4. The number of nitro benzene ring substituents is 1. The number of carbonyl (C=O) groups excluding carboxylic acids is 2. The molecule has 0 aliphatic carbocycles. The summed E-state index contributed by atoms with van der Waals surface area (Å²) in [6.07, 6.45) is 3.57. The third kappa shape index (κ3) is 4.88. The number of hydrogen-bond acceptors (Lipinski definition) is 5. The summed E-state index contributed by atoms with van der Waals surface area (Å²) in [5.74, 6) is -0.583. The van der Waals surface area contributed by atoms with Crippen molar-refractivity contribution in [3.8, 4) is 0 Å². The molecule has 0 saturated carbocycles. The highest BCUT2D eigenvalue weighted by Gasteiger charge is 2.18. The zero-order valence-electron chi connectivity index (χ0n) is 13.3. The van der Waals surface area contributed by atoms with Gasteiger partial charge in [0.2, 0.25) is 11.8 Å². The van der Waals surface area contributed by atoms with Gasteiger partial charge >= 0.3 is 0 Å². The number of nitro groups is 1. The molecule has 1 saturated heterocycles. The van der Waals surface area contributed by atoms with Crippen LogP contribution in [0.4, 0.5) is 5.69 Å². The number of para-hydroxylation sites is 1. The maximum Gasteiger partial charge on any atom is 0.276 e. The Morgan fingerprint density at radius 1 is 1.21 bits per heavy atom. The molecule has 1 heterocycles. The molecule has 0 atom stereocenters. The van der Waals surface area contributed by atoms with E-state index in [0.29, 0.717) is 31.7 Å². The van der Waals surface area contributed by atoms with Crippen LogP contribution in [0.15, 0.2) is 30.3 Å². The van der Waals surface area contributed by atoms with Crippen molar-refractivity contribution in [3.05, 3.63) is 46.0 Å². The number of primary amides is 1. The largest absolute Gasteiger partial charge is 0.369 e. The molecule has 0 unspecified atom stereocenters. The molecular weight excluding hydrogens is 312 g/mol. The molecule has 1 aliphatic rings. The summed E-state index contributed by atoms with van der Waals surface area (Å²) in [6, 6.07) is 6.26. The zero-order chi connectivity index (χ0) is 17.5. The third-order valence-electron chi connectivity index (χ3n) is 3.82. The number of benzene rings is 1. The molecule has 128 valence electrons. The van der Waals surface area contributed by atoms with E-state index in [1.54, 1.807) is 23.1 Å². The number of nitrogens with two attached hydrogens (primary N) is 1. The highest BCUT2D eigenvalue weighted by molar-refractivity contribution is 5.92. The van der Waals surface area contributed by atoms with Gasteiger partial charge in [-0.2, -0.15) is 0 Å². The minimum atomic E-state index is -0.474. The summed E-state index contributed by atoms with van der Waals surface area (Å²) in [5, 5.41) is 11.0. The lowest BCUT2D eigenvalue weighted by atomic mass is 10.1. The van der Waals surface area contributed by atoms with E-state index in [1.165, 1.54) is 18.2 Å². The van der Waals surface area contributed by atoms with E-state index in [9.17, 15) is 19.7 Å². The Balaban J connectivity index is 2.00. The van der Waals surface area contributed by atoms with Crippen molar-refractivity contribution < 1.29 is 14.5 Å². The number of amides is 2. The van der Waals surface area contributed by atoms with Gasteiger partial charge in [-0.05, 0) is 18.6 Å². The molecule has 24 heavy (non-hydrogen) atoms. The van der Waals surface area contributed by atoms with Crippen LogP contribution in [0.5, 0.6) is 0 Å². The molecule has 8 nitrogen and oxygen atoms in total. The fourth-order valence-corrected chi connectivity index (χ4v) is 2.63. The Hall–Kier alpha value is -2.74. The number of nitrogens with zero attached hydrogens (tertiary/aromatic N) is 3. The Morgan fingerprint density at radius 2 is 1.96 bits per heavy atom. The normalized spacial score (nSPS) is 16.1. The Kier molecular flexibility index (Phi) is 6.02. The minimum Gasteiger partial charge on any atom is -0.369 e. The van der Waals surface area contributed by atoms with Crippen LogP contribution in [-0.4, -0.2) is 59.3 Å². The van der Waals surface area contributed by atoms with Crippen LogP contribution in [0.25, 0.3) is 6.08 Å². The van der Waals surface area contributed by atoms with E-state index < -0.39 is 4.92 Å². The fourth-order valence-electron chi connectivity index (χ4n) is 2.63. The average Bonchev–Trinajstić information content (AvgIpc) is 2.78. The summed E-state index contributed by atoms with van der Waals surface area (Å²) in [6.45, 7) is 2.55. The summed E-state index contributed by atoms with van der Waals surface area (Å²) < 4.78 is 0. The van der Waals surface area contributed by atoms with Crippen LogP contribution >= 0.6 is 0 Å². The second-order valence-electron chi connectivity index (χ2n) is 5.57. The van der Waals surface area contributed by atoms with Crippen LogP contribution < -0.4 is 5.73 Å². The highest BCUT2D eigenvalue weighted by atomic mass is 16.6. The zero-order valence-corrected chi connectivity index (χ0v) is 13.3. The van der Waals surface area contributed by atoms with Gasteiger partial charge in [0.25, 0.3) is 5.69 Å². The van der Waals surface area contributed by atoms with Gasteiger partial charge in [-0.15, -0.1) is 0 Å². The van der Waals surface area contributed by atoms with E-state index in [2.05, 4.69) is 0 Å². The van der Waals surface area contributed by atoms with E-state index in [-0.39, 0.29) is 24.0 Å². The SMILES string of the molecule is NC(=O)CN1CCCN(C(=O)/C=C\c2ccccc2[N+](=O)[O-])CC1. The van der Waals surface area contributed by atoms with Gasteiger partial charge in [-0.3, -0.25) is 24.6 Å². The smallest absolute Gasteiger partial charge is 0.276 e. The first-order valence-corrected chi connectivity index (χ1v) is 7.68. The van der Waals surface area contributed by atoms with E-state index >= 15 is 0 Å². The minimum absolute atomic E-state index is 0.0370. The Morgan fingerprint density at radius 3 is 2.67 bits per heavy atom. The van der Waals surface area contributed by atoms with Gasteiger partial charge in [0.15, 0.2) is 0 Å². The van der Waals surface area contributed by atoms with Crippen LogP contribution in [-0.2, 0) is 9.59 Å². The van der Waals surface area contributed by atoms with Crippen LogP contribution in [0.3, 0.4) is 0 Å². The molecule has 0 bridgehead atoms. The predicted octanol–water partition coefficient (Wildman–Crippen LogP) is 0.628. The quantitative estimate of drug-likeness (QED) is 0.483. The van der Waals surface area contributed by atoms with E-state index in [0.717, 1.165) is 6.42 Å². The number of hydrogen-bond donors (Lipinski definition) is 1. The number of carbonyl (C=O) groups is 2. The molecule has 1 fully saturated rings. The van der Waals surface area contributed by atoms with Crippen molar-refractivity contribution in [2.45, 2.75) is 6.42 Å². The van der Waals surface area contributed by atoms with Crippen LogP contribution in [0.1, 0.15) is 12.0 Å². The molecule has 2 N–H and O–H groups in total. The third-order valence-corrected chi connectivity index (χ3v) is 3.82. The van der Waals surface area contributed by atoms with Crippen molar-refractivity contribution >= 4 is 23.6 Å². The maximum absolute atomic E-state index is 12.3. The summed E-state index contributed by atoms with van der Waals surface area (Å²) in [5.41, 5.74) is 5.54. The molecule has 1 aromatic rings. The van der Waals surface area contributed by atoms with Gasteiger partial charge in [-0.1, -0.05) is 12.1 Å². The highest BCUT2D eigenvalue weighted by Crippen LogP contribution is 2.19. The molecule has 8 heteroatoms. The van der Waals surface area contributed by atoms with E-state index in [1.807, 2.05) is 4.90 Å². The molecule has 0 radical (unpaired) electrons. The van der Waals surface area contributed by atoms with Gasteiger partial charge in [0.05, 0.1) is 17.0 Å². The van der Waals surface area contributed by atoms with Crippen LogP contribution in [0, 0.1) is 10.1 Å². The van der Waals surface area contributed by atoms with Crippen molar-refractivity contribution in [1.82, 2.24) is 9.80 Å². The first-order valence-electron chi connectivity index (χ1n) is 7.68. The summed E-state index contributed by atoms with van der Waals surface area (Å²) >= 11 is 0. The van der Waals surface area contributed by atoms with Crippen molar-refractivity contribution in [1.29, 1.82) is 0 Å². The van der Waals surface area contributed by atoms with Crippen molar-refractivity contribution in [2.75, 3.05) is 32.7 Å². The molecule has 0 spiro atoms. The first kappa shape index (κ1) is 17.6. The van der Waals surface area contributed by atoms with Crippen LogP contribution in [0.2, 0.25) is 0 Å². The predicted molar refractivity (Wildman–Crippen MR) is 89.0 cm³/mol. The lowest BCUT2D eigenvalue weighted by Crippen LogP contribution is -2.37. The molecule has 2 rings (SSSR count). The van der Waals surface area contributed by atoms with E-state index in [4.69, 9.17) is 5.73 Å². The topological polar surface area (TPSA) is 110 Å². The van der Waals surface area contributed by atoms with Gasteiger partial charge < -0.3 is 10.6 Å². The molecule has 1 aliphatic heterocycles. The Bertz CT molecular complexity index is 659. The lowest BCUT2D eigenvalue weighted by Gasteiger charge is -2.19. The summed E-state index contributed by atoms with van der Waals surface area (Å²) in [7, 11) is 0.